The Labute approximate surface area is 257 Å². The molecule has 0 amide bonds. The fraction of sp³-hybridized carbons (Fsp3) is 0.650. The zero-order valence-electron chi connectivity index (χ0n) is 28.9. The van der Waals surface area contributed by atoms with Crippen LogP contribution in [-0.2, 0) is 0 Å². The van der Waals surface area contributed by atoms with Gasteiger partial charge in [0.25, 0.3) is 0 Å². The lowest BCUT2D eigenvalue weighted by atomic mass is 10.0. The molecule has 234 valence electrons. The summed E-state index contributed by atoms with van der Waals surface area (Å²) in [5.74, 6) is 0.620. The second kappa shape index (κ2) is 25.8. The lowest BCUT2D eigenvalue weighted by Gasteiger charge is -2.07. The maximum atomic E-state index is 9.02. The van der Waals surface area contributed by atoms with Crippen LogP contribution in [0.15, 0.2) is 81.5 Å². The minimum atomic E-state index is 0.313. The van der Waals surface area contributed by atoms with E-state index in [4.69, 9.17) is 5.11 Å². The molecular weight excluding hydrogens is 496 g/mol. The van der Waals surface area contributed by atoms with E-state index in [0.29, 0.717) is 12.5 Å². The number of allylic oxidation sites excluding steroid dienone is 14. The third-order valence-corrected chi connectivity index (χ3v) is 8.02. The second-order valence-electron chi connectivity index (χ2n) is 13.0. The third-order valence-electron chi connectivity index (χ3n) is 8.02. The van der Waals surface area contributed by atoms with Crippen LogP contribution in [0.2, 0.25) is 0 Å². The molecule has 1 unspecified atom stereocenters. The molecule has 1 heteroatoms. The summed E-state index contributed by atoms with van der Waals surface area (Å²) in [5, 5.41) is 9.02. The highest BCUT2D eigenvalue weighted by Crippen LogP contribution is 2.17. The van der Waals surface area contributed by atoms with E-state index in [9.17, 15) is 0 Å². The van der Waals surface area contributed by atoms with Gasteiger partial charge in [-0.1, -0.05) is 88.5 Å². The van der Waals surface area contributed by atoms with E-state index in [0.717, 1.165) is 44.9 Å². The summed E-state index contributed by atoms with van der Waals surface area (Å²) >= 11 is 0. The Morgan fingerprint density at radius 3 is 0.951 bits per heavy atom. The Morgan fingerprint density at radius 1 is 0.415 bits per heavy atom. The predicted octanol–water partition coefficient (Wildman–Crippen LogP) is 13.1. The van der Waals surface area contributed by atoms with Gasteiger partial charge < -0.3 is 5.11 Å². The number of aliphatic hydroxyl groups is 1. The van der Waals surface area contributed by atoms with E-state index >= 15 is 0 Å². The average Bonchev–Trinajstić information content (AvgIpc) is 2.88. The van der Waals surface area contributed by atoms with Gasteiger partial charge in [0, 0.05) is 6.61 Å². The van der Waals surface area contributed by atoms with Gasteiger partial charge in [0.2, 0.25) is 0 Å². The van der Waals surface area contributed by atoms with Crippen molar-refractivity contribution in [3.8, 4) is 0 Å². The maximum Gasteiger partial charge on any atom is 0.0433 e. The van der Waals surface area contributed by atoms with Crippen LogP contribution in [0.3, 0.4) is 0 Å². The molecule has 0 aliphatic rings. The van der Waals surface area contributed by atoms with Crippen LogP contribution in [0.5, 0.6) is 0 Å². The van der Waals surface area contributed by atoms with Crippen molar-refractivity contribution in [2.45, 2.75) is 159 Å². The first-order valence-electron chi connectivity index (χ1n) is 16.7. The minimum absolute atomic E-state index is 0.313. The quantitative estimate of drug-likeness (QED) is 0.122. The molecule has 1 N–H and O–H groups in total. The standard InChI is InChI=1S/C40H68O/c1-33(2)17-10-18-34(3)19-11-20-35(4)21-12-22-36(5)23-13-24-37(6)25-14-26-38(7)27-15-28-39(8)29-16-30-40(9)31-32-41/h17,19,21,23,25,27,29,40-41H,10-16,18,20,22,24,26,28,30-32H2,1-9H3. The van der Waals surface area contributed by atoms with E-state index in [2.05, 4.69) is 105 Å². The Bertz CT molecular complexity index is 895. The fourth-order valence-corrected chi connectivity index (χ4v) is 4.91. The first kappa shape index (κ1) is 39.1. The topological polar surface area (TPSA) is 20.2 Å². The molecular formula is C40H68O. The second-order valence-corrected chi connectivity index (χ2v) is 13.0. The molecule has 0 fully saturated rings. The van der Waals surface area contributed by atoms with Gasteiger partial charge in [-0.3, -0.25) is 0 Å². The van der Waals surface area contributed by atoms with Crippen LogP contribution in [0.4, 0.5) is 0 Å². The van der Waals surface area contributed by atoms with E-state index in [1.807, 2.05) is 0 Å². The van der Waals surface area contributed by atoms with Crippen LogP contribution in [0, 0.1) is 5.92 Å². The Morgan fingerprint density at radius 2 is 0.683 bits per heavy atom. The van der Waals surface area contributed by atoms with Crippen LogP contribution in [-0.4, -0.2) is 11.7 Å². The smallest absolute Gasteiger partial charge is 0.0433 e. The maximum absolute atomic E-state index is 9.02. The molecule has 0 saturated heterocycles. The molecule has 0 aromatic rings. The third kappa shape index (κ3) is 26.8. The van der Waals surface area contributed by atoms with Gasteiger partial charge in [0.1, 0.15) is 0 Å². The SMILES string of the molecule is CC(C)=CCCC(C)=CCCC(C)=CCCC(C)=CCCC(C)=CCCC(C)=CCCC(C)=CCCC(C)CCO. The summed E-state index contributed by atoms with van der Waals surface area (Å²) in [5.41, 5.74) is 10.5. The van der Waals surface area contributed by atoms with Gasteiger partial charge in [0.15, 0.2) is 0 Å². The van der Waals surface area contributed by atoms with Gasteiger partial charge in [-0.2, -0.15) is 0 Å². The van der Waals surface area contributed by atoms with Crippen molar-refractivity contribution in [1.29, 1.82) is 0 Å². The number of aliphatic hydroxyl groups excluding tert-OH is 1. The molecule has 41 heavy (non-hydrogen) atoms. The van der Waals surface area contributed by atoms with Gasteiger partial charge in [-0.25, -0.2) is 0 Å². The van der Waals surface area contributed by atoms with Crippen LogP contribution < -0.4 is 0 Å². The molecule has 1 nitrogen and oxygen atoms in total. The molecule has 0 spiro atoms. The van der Waals surface area contributed by atoms with Crippen molar-refractivity contribution in [1.82, 2.24) is 0 Å². The van der Waals surface area contributed by atoms with Crippen LogP contribution >= 0.6 is 0 Å². The molecule has 0 radical (unpaired) electrons. The molecule has 0 aromatic carbocycles. The highest BCUT2D eigenvalue weighted by molar-refractivity contribution is 5.09. The highest BCUT2D eigenvalue weighted by atomic mass is 16.3. The molecule has 0 aliphatic heterocycles. The first-order chi connectivity index (χ1) is 19.5. The molecule has 0 rings (SSSR count). The molecule has 0 saturated carbocycles. The molecule has 0 aromatic heterocycles. The normalized spacial score (nSPS) is 15.0. The Kier molecular flexibility index (Phi) is 24.6. The monoisotopic (exact) mass is 565 g/mol. The van der Waals surface area contributed by atoms with Gasteiger partial charge >= 0.3 is 0 Å². The van der Waals surface area contributed by atoms with Crippen molar-refractivity contribution in [3.63, 3.8) is 0 Å². The largest absolute Gasteiger partial charge is 0.396 e. The van der Waals surface area contributed by atoms with Crippen molar-refractivity contribution >= 4 is 0 Å². The Balaban J connectivity index is 4.16. The van der Waals surface area contributed by atoms with Crippen molar-refractivity contribution < 1.29 is 5.11 Å². The Hall–Kier alpha value is -1.86. The summed E-state index contributed by atoms with van der Waals surface area (Å²) < 4.78 is 0. The molecule has 0 aliphatic carbocycles. The summed E-state index contributed by atoms with van der Waals surface area (Å²) in [4.78, 5) is 0. The molecule has 1 atom stereocenters. The number of hydrogen-bond donors (Lipinski definition) is 1. The zero-order chi connectivity index (χ0) is 30.9. The summed E-state index contributed by atoms with van der Waals surface area (Å²) in [6.07, 6.45) is 34.2. The number of rotatable bonds is 23. The van der Waals surface area contributed by atoms with E-state index in [1.165, 1.54) is 90.4 Å². The van der Waals surface area contributed by atoms with Gasteiger partial charge in [-0.05, 0) is 158 Å². The highest BCUT2D eigenvalue weighted by Gasteiger charge is 2.00. The molecule has 0 heterocycles. The van der Waals surface area contributed by atoms with Gasteiger partial charge in [-0.15, -0.1) is 0 Å². The van der Waals surface area contributed by atoms with E-state index in [-0.39, 0.29) is 0 Å². The van der Waals surface area contributed by atoms with Crippen molar-refractivity contribution in [2.24, 2.45) is 5.92 Å². The summed E-state index contributed by atoms with van der Waals surface area (Å²) in [7, 11) is 0. The first-order valence-corrected chi connectivity index (χ1v) is 16.7. The van der Waals surface area contributed by atoms with Crippen molar-refractivity contribution in [2.75, 3.05) is 6.61 Å². The summed E-state index contributed by atoms with van der Waals surface area (Å²) in [6.45, 7) is 20.6. The van der Waals surface area contributed by atoms with Crippen molar-refractivity contribution in [3.05, 3.63) is 81.5 Å². The van der Waals surface area contributed by atoms with E-state index < -0.39 is 0 Å². The lowest BCUT2D eigenvalue weighted by molar-refractivity contribution is 0.259. The van der Waals surface area contributed by atoms with Gasteiger partial charge in [0.05, 0.1) is 0 Å². The summed E-state index contributed by atoms with van der Waals surface area (Å²) in [6, 6.07) is 0. The fourth-order valence-electron chi connectivity index (χ4n) is 4.91. The number of hydrogen-bond acceptors (Lipinski definition) is 1. The lowest BCUT2D eigenvalue weighted by Crippen LogP contribution is -1.97. The van der Waals surface area contributed by atoms with Crippen LogP contribution in [0.25, 0.3) is 0 Å². The minimum Gasteiger partial charge on any atom is -0.396 e. The predicted molar refractivity (Wildman–Crippen MR) is 187 cm³/mol. The zero-order valence-corrected chi connectivity index (χ0v) is 28.9. The average molecular weight is 565 g/mol. The van der Waals surface area contributed by atoms with Crippen LogP contribution in [0.1, 0.15) is 159 Å². The molecule has 0 bridgehead atoms. The van der Waals surface area contributed by atoms with E-state index in [1.54, 1.807) is 0 Å².